The van der Waals surface area contributed by atoms with Crippen LogP contribution in [0.15, 0.2) is 60.7 Å². The third-order valence-corrected chi connectivity index (χ3v) is 3.64. The quantitative estimate of drug-likeness (QED) is 0.779. The number of likely N-dealkylation sites (N-methyl/N-ethyl adjacent to an activating group) is 1. The van der Waals surface area contributed by atoms with Gasteiger partial charge in [-0.2, -0.15) is 0 Å². The molecule has 1 amide bonds. The summed E-state index contributed by atoms with van der Waals surface area (Å²) in [6.07, 6.45) is 0.680. The van der Waals surface area contributed by atoms with Crippen LogP contribution < -0.4 is 5.32 Å². The molecule has 0 bridgehead atoms. The van der Waals surface area contributed by atoms with Crippen LogP contribution >= 0.6 is 0 Å². The van der Waals surface area contributed by atoms with Crippen molar-refractivity contribution in [3.63, 3.8) is 0 Å². The lowest BCUT2D eigenvalue weighted by Crippen LogP contribution is -2.39. The first-order chi connectivity index (χ1) is 11.5. The number of carbonyl (C=O) groups is 2. The highest BCUT2D eigenvalue weighted by molar-refractivity contribution is 5.79. The minimum absolute atomic E-state index is 0.0461. The van der Waals surface area contributed by atoms with Crippen molar-refractivity contribution in [2.45, 2.75) is 12.5 Å². The van der Waals surface area contributed by atoms with Gasteiger partial charge < -0.3 is 10.4 Å². The van der Waals surface area contributed by atoms with Crippen LogP contribution in [0.1, 0.15) is 17.2 Å². The number of carbonyl (C=O) groups excluding carboxylic acids is 1. The Morgan fingerprint density at radius 1 is 1.00 bits per heavy atom. The summed E-state index contributed by atoms with van der Waals surface area (Å²) < 4.78 is 0. The average molecular weight is 326 g/mol. The maximum absolute atomic E-state index is 12.3. The molecule has 0 saturated carbocycles. The fourth-order valence-corrected chi connectivity index (χ4v) is 2.56. The number of nitrogens with one attached hydrogen (secondary N) is 1. The fourth-order valence-electron chi connectivity index (χ4n) is 2.56. The summed E-state index contributed by atoms with van der Waals surface area (Å²) >= 11 is 0. The zero-order valence-corrected chi connectivity index (χ0v) is 13.7. The molecule has 0 fully saturated rings. The maximum Gasteiger partial charge on any atom is 0.317 e. The number of carboxylic acid groups (broad SMARTS) is 1. The Kier molecular flexibility index (Phi) is 6.51. The van der Waals surface area contributed by atoms with Crippen LogP contribution in [0.5, 0.6) is 0 Å². The standard InChI is InChI=1S/C19H22N2O3/c1-21(14-19(23)24)13-18(22)20-17(16-10-6-3-7-11-16)12-15-8-4-2-5-9-15/h2-11,17H,12-14H2,1H3,(H,20,22)(H,23,24). The van der Waals surface area contributed by atoms with E-state index in [1.165, 1.54) is 4.90 Å². The molecular formula is C19H22N2O3. The molecule has 0 spiro atoms. The van der Waals surface area contributed by atoms with Crippen LogP contribution in [0, 0.1) is 0 Å². The second kappa shape index (κ2) is 8.84. The minimum atomic E-state index is -0.950. The molecule has 5 heteroatoms. The Morgan fingerprint density at radius 3 is 2.17 bits per heavy atom. The van der Waals surface area contributed by atoms with E-state index in [0.717, 1.165) is 11.1 Å². The molecule has 2 aromatic carbocycles. The maximum atomic E-state index is 12.3. The van der Waals surface area contributed by atoms with Gasteiger partial charge in [-0.05, 0) is 24.6 Å². The van der Waals surface area contributed by atoms with Crippen LogP contribution in [0.3, 0.4) is 0 Å². The number of hydrogen-bond donors (Lipinski definition) is 2. The highest BCUT2D eigenvalue weighted by Gasteiger charge is 2.17. The number of benzene rings is 2. The van der Waals surface area contributed by atoms with Crippen molar-refractivity contribution in [2.75, 3.05) is 20.1 Å². The van der Waals surface area contributed by atoms with Gasteiger partial charge in [-0.3, -0.25) is 14.5 Å². The van der Waals surface area contributed by atoms with Crippen LogP contribution in [-0.2, 0) is 16.0 Å². The molecule has 0 aromatic heterocycles. The number of rotatable bonds is 8. The molecule has 2 rings (SSSR count). The first-order valence-electron chi connectivity index (χ1n) is 7.83. The van der Waals surface area contributed by atoms with E-state index >= 15 is 0 Å². The third kappa shape index (κ3) is 5.85. The lowest BCUT2D eigenvalue weighted by atomic mass is 9.99. The molecule has 24 heavy (non-hydrogen) atoms. The van der Waals surface area contributed by atoms with Crippen molar-refractivity contribution in [2.24, 2.45) is 0 Å². The van der Waals surface area contributed by atoms with Gasteiger partial charge in [0.25, 0.3) is 0 Å². The first-order valence-corrected chi connectivity index (χ1v) is 7.83. The summed E-state index contributed by atoms with van der Waals surface area (Å²) in [6, 6.07) is 19.6. The fraction of sp³-hybridized carbons (Fsp3) is 0.263. The molecule has 5 nitrogen and oxygen atoms in total. The predicted octanol–water partition coefficient (Wildman–Crippen LogP) is 2.10. The summed E-state index contributed by atoms with van der Waals surface area (Å²) in [5.41, 5.74) is 2.15. The van der Waals surface area contributed by atoms with E-state index in [-0.39, 0.29) is 25.0 Å². The molecule has 2 N–H and O–H groups in total. The molecular weight excluding hydrogens is 304 g/mol. The molecule has 0 aliphatic heterocycles. The van der Waals surface area contributed by atoms with Gasteiger partial charge >= 0.3 is 5.97 Å². The van der Waals surface area contributed by atoms with E-state index in [1.807, 2.05) is 60.7 Å². The molecule has 126 valence electrons. The molecule has 1 atom stereocenters. The Hall–Kier alpha value is -2.66. The normalized spacial score (nSPS) is 11.9. The number of nitrogens with zero attached hydrogens (tertiary/aromatic N) is 1. The Bertz CT molecular complexity index is 659. The second-order valence-electron chi connectivity index (χ2n) is 5.79. The zero-order valence-electron chi connectivity index (χ0n) is 13.7. The van der Waals surface area contributed by atoms with Gasteiger partial charge in [0.2, 0.25) is 5.91 Å². The Labute approximate surface area is 141 Å². The van der Waals surface area contributed by atoms with Crippen LogP contribution in [0.4, 0.5) is 0 Å². The van der Waals surface area contributed by atoms with Crippen molar-refractivity contribution < 1.29 is 14.7 Å². The summed E-state index contributed by atoms with van der Waals surface area (Å²) in [5.74, 6) is -1.14. The third-order valence-electron chi connectivity index (χ3n) is 3.64. The smallest absolute Gasteiger partial charge is 0.317 e. The van der Waals surface area contributed by atoms with Crippen molar-refractivity contribution in [1.29, 1.82) is 0 Å². The van der Waals surface area contributed by atoms with Crippen molar-refractivity contribution in [1.82, 2.24) is 10.2 Å². The monoisotopic (exact) mass is 326 g/mol. The Morgan fingerprint density at radius 2 is 1.58 bits per heavy atom. The van der Waals surface area contributed by atoms with Crippen molar-refractivity contribution in [3.05, 3.63) is 71.8 Å². The molecule has 0 saturated heterocycles. The highest BCUT2D eigenvalue weighted by Crippen LogP contribution is 2.18. The minimum Gasteiger partial charge on any atom is -0.480 e. The summed E-state index contributed by atoms with van der Waals surface area (Å²) in [7, 11) is 1.61. The lowest BCUT2D eigenvalue weighted by Gasteiger charge is -2.21. The van der Waals surface area contributed by atoms with Gasteiger partial charge in [0.15, 0.2) is 0 Å². The molecule has 0 heterocycles. The van der Waals surface area contributed by atoms with Gasteiger partial charge in [0.05, 0.1) is 19.1 Å². The van der Waals surface area contributed by atoms with Crippen molar-refractivity contribution >= 4 is 11.9 Å². The van der Waals surface area contributed by atoms with Gasteiger partial charge in [-0.25, -0.2) is 0 Å². The highest BCUT2D eigenvalue weighted by atomic mass is 16.4. The van der Waals surface area contributed by atoms with Crippen LogP contribution in [-0.4, -0.2) is 42.0 Å². The average Bonchev–Trinajstić information content (AvgIpc) is 2.55. The van der Waals surface area contributed by atoms with E-state index < -0.39 is 5.97 Å². The number of amides is 1. The van der Waals surface area contributed by atoms with Gasteiger partial charge in [0.1, 0.15) is 0 Å². The lowest BCUT2D eigenvalue weighted by molar-refractivity contribution is -0.138. The summed E-state index contributed by atoms with van der Waals surface area (Å²) in [6.45, 7) is -0.119. The van der Waals surface area contributed by atoms with Crippen LogP contribution in [0.2, 0.25) is 0 Å². The molecule has 0 radical (unpaired) electrons. The number of hydrogen-bond acceptors (Lipinski definition) is 3. The molecule has 0 aliphatic rings. The largest absolute Gasteiger partial charge is 0.480 e. The summed E-state index contributed by atoms with van der Waals surface area (Å²) in [5, 5.41) is 11.8. The van der Waals surface area contributed by atoms with E-state index in [0.29, 0.717) is 6.42 Å². The number of aliphatic carboxylic acids is 1. The van der Waals surface area contributed by atoms with E-state index in [1.54, 1.807) is 7.05 Å². The van der Waals surface area contributed by atoms with Crippen molar-refractivity contribution in [3.8, 4) is 0 Å². The van der Waals surface area contributed by atoms with E-state index in [2.05, 4.69) is 5.32 Å². The van der Waals surface area contributed by atoms with E-state index in [9.17, 15) is 9.59 Å². The predicted molar refractivity (Wildman–Crippen MR) is 92.6 cm³/mol. The zero-order chi connectivity index (χ0) is 17.4. The number of carboxylic acids is 1. The second-order valence-corrected chi connectivity index (χ2v) is 5.79. The van der Waals surface area contributed by atoms with Crippen LogP contribution in [0.25, 0.3) is 0 Å². The SMILES string of the molecule is CN(CC(=O)O)CC(=O)NC(Cc1ccccc1)c1ccccc1. The Balaban J connectivity index is 2.06. The van der Waals surface area contributed by atoms with Gasteiger partial charge in [0, 0.05) is 0 Å². The topological polar surface area (TPSA) is 69.6 Å². The first kappa shape index (κ1) is 17.7. The van der Waals surface area contributed by atoms with E-state index in [4.69, 9.17) is 5.11 Å². The molecule has 2 aromatic rings. The van der Waals surface area contributed by atoms with Gasteiger partial charge in [-0.15, -0.1) is 0 Å². The molecule has 0 aliphatic carbocycles. The van der Waals surface area contributed by atoms with Gasteiger partial charge in [-0.1, -0.05) is 60.7 Å². The molecule has 1 unspecified atom stereocenters. The summed E-state index contributed by atoms with van der Waals surface area (Å²) in [4.78, 5) is 24.4.